The lowest BCUT2D eigenvalue weighted by molar-refractivity contribution is -0.121. The van der Waals surface area contributed by atoms with Crippen molar-refractivity contribution >= 4 is 29.5 Å². The summed E-state index contributed by atoms with van der Waals surface area (Å²) in [5.74, 6) is 0.545. The molecule has 3 aromatic heterocycles. The molecule has 0 saturated heterocycles. The van der Waals surface area contributed by atoms with Crippen molar-refractivity contribution in [3.05, 3.63) is 76.1 Å². The zero-order valence-corrected chi connectivity index (χ0v) is 16.9. The second kappa shape index (κ2) is 7.95. The van der Waals surface area contributed by atoms with Crippen molar-refractivity contribution in [2.24, 2.45) is 0 Å². The molecule has 0 aliphatic rings. The van der Waals surface area contributed by atoms with Crippen LogP contribution in [-0.4, -0.2) is 25.2 Å². The van der Waals surface area contributed by atoms with E-state index < -0.39 is 0 Å². The van der Waals surface area contributed by atoms with Crippen molar-refractivity contribution in [2.45, 2.75) is 20.0 Å². The van der Waals surface area contributed by atoms with Crippen molar-refractivity contribution < 1.29 is 4.79 Å². The fraction of sp³-hybridized carbons (Fsp3) is 0.150. The number of nitrogens with zero attached hydrogens (tertiary/aromatic N) is 3. The number of thiophene rings is 1. The molecule has 4 rings (SSSR count). The quantitative estimate of drug-likeness (QED) is 0.472. The molecule has 0 bridgehead atoms. The number of hydrogen-bond donors (Lipinski definition) is 2. The molecule has 6 nitrogen and oxygen atoms in total. The number of rotatable bonds is 6. The largest absolute Gasteiger partial charge is 0.350 e. The predicted molar refractivity (Wildman–Crippen MR) is 113 cm³/mol. The zero-order chi connectivity index (χ0) is 19.5. The van der Waals surface area contributed by atoms with Gasteiger partial charge in [0, 0.05) is 30.1 Å². The molecular formula is C20H19N5OS2. The fourth-order valence-corrected chi connectivity index (χ4v) is 4.11. The molecule has 0 aliphatic carbocycles. The molecule has 0 spiro atoms. The normalized spacial score (nSPS) is 10.9. The summed E-state index contributed by atoms with van der Waals surface area (Å²) in [6.07, 6.45) is 3.99. The van der Waals surface area contributed by atoms with Gasteiger partial charge >= 0.3 is 0 Å². The van der Waals surface area contributed by atoms with Gasteiger partial charge in [-0.1, -0.05) is 23.8 Å². The van der Waals surface area contributed by atoms with E-state index in [0.29, 0.717) is 17.1 Å². The summed E-state index contributed by atoms with van der Waals surface area (Å²) in [4.78, 5) is 12.6. The van der Waals surface area contributed by atoms with Gasteiger partial charge in [-0.3, -0.25) is 14.5 Å². The Bertz CT molecular complexity index is 1150. The number of aromatic nitrogens is 4. The van der Waals surface area contributed by atoms with Crippen LogP contribution in [0.3, 0.4) is 0 Å². The van der Waals surface area contributed by atoms with Crippen molar-refractivity contribution in [3.63, 3.8) is 0 Å². The first kappa shape index (κ1) is 18.4. The summed E-state index contributed by atoms with van der Waals surface area (Å²) in [6.45, 7) is 2.59. The minimum Gasteiger partial charge on any atom is -0.350 e. The standard InChI is InChI=1S/C20H19N5OS2/c1-14-5-4-6-15(11-14)18-22-23-20(27)25(18)13-17(26)21-12-16-7-10-28-19(16)24-8-2-3-9-24/h2-11H,12-13H2,1H3,(H,21,26)(H,23,27). The number of carbonyl (C=O) groups is 1. The van der Waals surface area contributed by atoms with E-state index in [1.165, 1.54) is 0 Å². The summed E-state index contributed by atoms with van der Waals surface area (Å²) in [6, 6.07) is 14.0. The van der Waals surface area contributed by atoms with Gasteiger partial charge in [0.1, 0.15) is 11.5 Å². The van der Waals surface area contributed by atoms with Crippen LogP contribution in [0.4, 0.5) is 0 Å². The topological polar surface area (TPSA) is 67.6 Å². The molecule has 142 valence electrons. The molecule has 0 unspecified atom stereocenters. The third kappa shape index (κ3) is 3.83. The van der Waals surface area contributed by atoms with Gasteiger partial charge in [-0.05, 0) is 48.8 Å². The maximum Gasteiger partial charge on any atom is 0.240 e. The summed E-state index contributed by atoms with van der Waals surface area (Å²) in [5, 5.41) is 13.2. The number of carbonyl (C=O) groups excluding carboxylic acids is 1. The molecule has 3 heterocycles. The Labute approximate surface area is 171 Å². The number of aromatic amines is 1. The van der Waals surface area contributed by atoms with Crippen molar-refractivity contribution in [1.82, 2.24) is 24.6 Å². The van der Waals surface area contributed by atoms with Crippen LogP contribution in [0.5, 0.6) is 0 Å². The van der Waals surface area contributed by atoms with Crippen LogP contribution in [0.1, 0.15) is 11.1 Å². The van der Waals surface area contributed by atoms with Crippen molar-refractivity contribution in [1.29, 1.82) is 0 Å². The lowest BCUT2D eigenvalue weighted by atomic mass is 10.1. The average Bonchev–Trinajstić information content (AvgIpc) is 3.41. The van der Waals surface area contributed by atoms with Crippen LogP contribution in [-0.2, 0) is 17.9 Å². The Morgan fingerprint density at radius 1 is 1.25 bits per heavy atom. The van der Waals surface area contributed by atoms with Gasteiger partial charge in [-0.2, -0.15) is 5.10 Å². The predicted octanol–water partition coefficient (Wildman–Crippen LogP) is 4.08. The number of H-pyrrole nitrogens is 1. The highest BCUT2D eigenvalue weighted by molar-refractivity contribution is 7.71. The Balaban J connectivity index is 1.48. The highest BCUT2D eigenvalue weighted by Crippen LogP contribution is 2.22. The first-order chi connectivity index (χ1) is 13.6. The molecule has 0 saturated carbocycles. The lowest BCUT2D eigenvalue weighted by Crippen LogP contribution is -2.27. The Morgan fingerprint density at radius 3 is 2.86 bits per heavy atom. The van der Waals surface area contributed by atoms with Gasteiger partial charge < -0.3 is 9.88 Å². The van der Waals surface area contributed by atoms with E-state index in [1.807, 2.05) is 71.7 Å². The minimum absolute atomic E-state index is 0.113. The van der Waals surface area contributed by atoms with Gasteiger partial charge in [-0.15, -0.1) is 11.3 Å². The highest BCUT2D eigenvalue weighted by atomic mass is 32.1. The van der Waals surface area contributed by atoms with Crippen molar-refractivity contribution in [2.75, 3.05) is 0 Å². The van der Waals surface area contributed by atoms with Gasteiger partial charge in [0.05, 0.1) is 0 Å². The van der Waals surface area contributed by atoms with Gasteiger partial charge in [0.2, 0.25) is 5.91 Å². The molecule has 0 radical (unpaired) electrons. The minimum atomic E-state index is -0.115. The van der Waals surface area contributed by atoms with E-state index in [1.54, 1.807) is 15.9 Å². The SMILES string of the molecule is Cc1cccc(-c2n[nH]c(=S)n2CC(=O)NCc2ccsc2-n2cccc2)c1. The summed E-state index contributed by atoms with van der Waals surface area (Å²) >= 11 is 6.97. The Kier molecular flexibility index (Phi) is 5.23. The summed E-state index contributed by atoms with van der Waals surface area (Å²) < 4.78 is 4.20. The highest BCUT2D eigenvalue weighted by Gasteiger charge is 2.13. The maximum absolute atomic E-state index is 12.6. The molecule has 1 aromatic carbocycles. The molecule has 28 heavy (non-hydrogen) atoms. The number of nitrogens with one attached hydrogen (secondary N) is 2. The summed E-state index contributed by atoms with van der Waals surface area (Å²) in [5.41, 5.74) is 3.12. The monoisotopic (exact) mass is 409 g/mol. The molecule has 1 amide bonds. The van der Waals surface area contributed by atoms with E-state index in [2.05, 4.69) is 15.5 Å². The first-order valence-corrected chi connectivity index (χ1v) is 10.1. The molecule has 0 fully saturated rings. The molecule has 8 heteroatoms. The molecule has 0 atom stereocenters. The third-order valence-corrected chi connectivity index (χ3v) is 5.65. The van der Waals surface area contributed by atoms with E-state index in [-0.39, 0.29) is 12.5 Å². The molecule has 2 N–H and O–H groups in total. The average molecular weight is 410 g/mol. The number of benzene rings is 1. The second-order valence-corrected chi connectivity index (χ2v) is 7.71. The molecule has 0 aliphatic heterocycles. The van der Waals surface area contributed by atoms with E-state index in [9.17, 15) is 4.79 Å². The fourth-order valence-electron chi connectivity index (χ4n) is 3.02. The van der Waals surface area contributed by atoms with E-state index >= 15 is 0 Å². The van der Waals surface area contributed by atoms with Crippen LogP contribution >= 0.6 is 23.6 Å². The van der Waals surface area contributed by atoms with Crippen LogP contribution in [0, 0.1) is 11.7 Å². The first-order valence-electron chi connectivity index (χ1n) is 8.80. The van der Waals surface area contributed by atoms with Gasteiger partial charge in [0.15, 0.2) is 10.6 Å². The molecular weight excluding hydrogens is 390 g/mol. The third-order valence-electron chi connectivity index (χ3n) is 4.37. The number of amides is 1. The Morgan fingerprint density at radius 2 is 2.07 bits per heavy atom. The molecule has 4 aromatic rings. The number of hydrogen-bond acceptors (Lipinski definition) is 4. The van der Waals surface area contributed by atoms with Gasteiger partial charge in [0.25, 0.3) is 0 Å². The van der Waals surface area contributed by atoms with Crippen LogP contribution in [0.25, 0.3) is 16.4 Å². The van der Waals surface area contributed by atoms with Crippen LogP contribution in [0.15, 0.2) is 60.2 Å². The van der Waals surface area contributed by atoms with E-state index in [4.69, 9.17) is 12.2 Å². The van der Waals surface area contributed by atoms with Crippen LogP contribution < -0.4 is 5.32 Å². The van der Waals surface area contributed by atoms with E-state index in [0.717, 1.165) is 21.7 Å². The maximum atomic E-state index is 12.6. The second-order valence-electron chi connectivity index (χ2n) is 6.43. The van der Waals surface area contributed by atoms with Crippen molar-refractivity contribution in [3.8, 4) is 16.4 Å². The summed E-state index contributed by atoms with van der Waals surface area (Å²) in [7, 11) is 0. The van der Waals surface area contributed by atoms with Crippen LogP contribution in [0.2, 0.25) is 0 Å². The zero-order valence-electron chi connectivity index (χ0n) is 15.3. The lowest BCUT2D eigenvalue weighted by Gasteiger charge is -2.10. The Hall–Kier alpha value is -2.97. The number of aryl methyl sites for hydroxylation is 1. The smallest absolute Gasteiger partial charge is 0.240 e. The van der Waals surface area contributed by atoms with Gasteiger partial charge in [-0.25, -0.2) is 0 Å².